The van der Waals surface area contributed by atoms with Gasteiger partial charge in [-0.2, -0.15) is 0 Å². The Hall–Kier alpha value is -1.07. The van der Waals surface area contributed by atoms with Crippen molar-refractivity contribution in [3.63, 3.8) is 0 Å². The Morgan fingerprint density at radius 1 is 1.61 bits per heavy atom. The predicted molar refractivity (Wildman–Crippen MR) is 73.8 cm³/mol. The fraction of sp³-hybridized carbons (Fsp3) is 0.538. The fourth-order valence-electron chi connectivity index (χ4n) is 1.57. The molecule has 1 heterocycles. The summed E-state index contributed by atoms with van der Waals surface area (Å²) in [5.41, 5.74) is 0.625. The lowest BCUT2D eigenvalue weighted by Crippen LogP contribution is -2.25. The molecule has 0 radical (unpaired) electrons. The number of aromatic nitrogens is 1. The van der Waals surface area contributed by atoms with Gasteiger partial charge in [0.15, 0.2) is 0 Å². The number of hydrogen-bond acceptors (Lipinski definition) is 4. The maximum atomic E-state index is 11.9. The number of nitrogens with one attached hydrogen (secondary N) is 1. The molecule has 1 aromatic rings. The Morgan fingerprint density at radius 3 is 3.06 bits per heavy atom. The summed E-state index contributed by atoms with van der Waals surface area (Å²) < 4.78 is 0. The molecule has 1 rings (SSSR count). The summed E-state index contributed by atoms with van der Waals surface area (Å²) in [6.07, 6.45) is 5.38. The molecule has 0 aliphatic heterocycles. The monoisotopic (exact) mass is 268 g/mol. The second kappa shape index (κ2) is 8.11. The lowest BCUT2D eigenvalue weighted by molar-refractivity contribution is 0.0948. The van der Waals surface area contributed by atoms with E-state index in [-0.39, 0.29) is 12.5 Å². The van der Waals surface area contributed by atoms with Crippen LogP contribution in [-0.2, 0) is 0 Å². The van der Waals surface area contributed by atoms with Crippen LogP contribution in [-0.4, -0.2) is 35.4 Å². The van der Waals surface area contributed by atoms with Crippen LogP contribution in [0.15, 0.2) is 23.4 Å². The summed E-state index contributed by atoms with van der Waals surface area (Å²) in [6, 6.07) is 3.55. The summed E-state index contributed by atoms with van der Waals surface area (Å²) in [7, 11) is 0. The minimum Gasteiger partial charge on any atom is -0.396 e. The van der Waals surface area contributed by atoms with Crippen LogP contribution >= 0.6 is 11.8 Å². The largest absolute Gasteiger partial charge is 0.396 e. The summed E-state index contributed by atoms with van der Waals surface area (Å²) in [4.78, 5) is 16.1. The molecule has 1 amide bonds. The molecule has 4 nitrogen and oxygen atoms in total. The minimum atomic E-state index is -0.0795. The van der Waals surface area contributed by atoms with Gasteiger partial charge in [-0.3, -0.25) is 4.79 Å². The van der Waals surface area contributed by atoms with Crippen molar-refractivity contribution in [2.45, 2.75) is 24.8 Å². The number of aliphatic hydroxyl groups excluding tert-OH is 1. The molecule has 0 aromatic carbocycles. The Kier molecular flexibility index (Phi) is 6.75. The molecular formula is C13H20N2O2S. The molecule has 2 N–H and O–H groups in total. The van der Waals surface area contributed by atoms with Crippen LogP contribution in [0.25, 0.3) is 0 Å². The van der Waals surface area contributed by atoms with E-state index in [2.05, 4.69) is 10.3 Å². The molecule has 1 atom stereocenters. The molecule has 0 saturated carbocycles. The number of carbonyl (C=O) groups is 1. The van der Waals surface area contributed by atoms with Gasteiger partial charge in [-0.25, -0.2) is 4.98 Å². The van der Waals surface area contributed by atoms with Crippen molar-refractivity contribution in [1.82, 2.24) is 10.3 Å². The number of nitrogens with zero attached hydrogens (tertiary/aromatic N) is 1. The van der Waals surface area contributed by atoms with E-state index in [0.717, 1.165) is 17.9 Å². The molecule has 0 fully saturated rings. The summed E-state index contributed by atoms with van der Waals surface area (Å²) in [5.74, 6) is 0.214. The summed E-state index contributed by atoms with van der Waals surface area (Å²) in [5, 5.41) is 12.5. The van der Waals surface area contributed by atoms with E-state index in [4.69, 9.17) is 5.11 Å². The lowest BCUT2D eigenvalue weighted by atomic mass is 10.1. The summed E-state index contributed by atoms with van der Waals surface area (Å²) >= 11 is 1.47. The maximum Gasteiger partial charge on any atom is 0.254 e. The van der Waals surface area contributed by atoms with Crippen LogP contribution < -0.4 is 5.32 Å². The lowest BCUT2D eigenvalue weighted by Gasteiger charge is -2.09. The predicted octanol–water partition coefficient (Wildman–Crippen LogP) is 1.94. The number of pyridine rings is 1. The van der Waals surface area contributed by atoms with Crippen LogP contribution in [0.3, 0.4) is 0 Å². The van der Waals surface area contributed by atoms with Crippen LogP contribution in [0, 0.1) is 5.92 Å². The van der Waals surface area contributed by atoms with Gasteiger partial charge >= 0.3 is 0 Å². The van der Waals surface area contributed by atoms with Gasteiger partial charge in [0.1, 0.15) is 5.03 Å². The first-order valence-corrected chi connectivity index (χ1v) is 7.29. The van der Waals surface area contributed by atoms with E-state index in [1.807, 2.05) is 13.2 Å². The number of thioether (sulfide) groups is 1. The van der Waals surface area contributed by atoms with Crippen LogP contribution in [0.1, 0.15) is 30.1 Å². The third-order valence-corrected chi connectivity index (χ3v) is 3.39. The van der Waals surface area contributed by atoms with Crippen molar-refractivity contribution in [2.24, 2.45) is 5.92 Å². The molecular weight excluding hydrogens is 248 g/mol. The van der Waals surface area contributed by atoms with E-state index >= 15 is 0 Å². The molecule has 100 valence electrons. The molecule has 1 unspecified atom stereocenters. The molecule has 0 aliphatic rings. The van der Waals surface area contributed by atoms with E-state index in [1.54, 1.807) is 18.3 Å². The normalized spacial score (nSPS) is 12.2. The molecule has 1 aromatic heterocycles. The first-order valence-electron chi connectivity index (χ1n) is 6.07. The Balaban J connectivity index is 2.41. The van der Waals surface area contributed by atoms with Gasteiger partial charge in [0.25, 0.3) is 5.91 Å². The van der Waals surface area contributed by atoms with Gasteiger partial charge in [-0.15, -0.1) is 11.8 Å². The van der Waals surface area contributed by atoms with Gasteiger partial charge in [0, 0.05) is 19.3 Å². The van der Waals surface area contributed by atoms with Crippen molar-refractivity contribution in [2.75, 3.05) is 19.4 Å². The van der Waals surface area contributed by atoms with Gasteiger partial charge in [-0.05, 0) is 37.1 Å². The number of rotatable bonds is 7. The maximum absolute atomic E-state index is 11.9. The highest BCUT2D eigenvalue weighted by molar-refractivity contribution is 7.98. The average Bonchev–Trinajstić information content (AvgIpc) is 2.42. The molecule has 0 saturated heterocycles. The van der Waals surface area contributed by atoms with Crippen LogP contribution in [0.5, 0.6) is 0 Å². The number of hydrogen-bond donors (Lipinski definition) is 2. The highest BCUT2D eigenvalue weighted by Gasteiger charge is 2.10. The fourth-order valence-corrected chi connectivity index (χ4v) is 2.11. The third kappa shape index (κ3) is 4.66. The van der Waals surface area contributed by atoms with E-state index in [1.165, 1.54) is 11.8 Å². The Labute approximate surface area is 112 Å². The second-order valence-electron chi connectivity index (χ2n) is 4.25. The Morgan fingerprint density at radius 2 is 2.39 bits per heavy atom. The zero-order valence-corrected chi connectivity index (χ0v) is 11.7. The smallest absolute Gasteiger partial charge is 0.254 e. The number of aliphatic hydroxyl groups is 1. The second-order valence-corrected chi connectivity index (χ2v) is 5.04. The highest BCUT2D eigenvalue weighted by Crippen LogP contribution is 2.16. The topological polar surface area (TPSA) is 62.2 Å². The molecule has 0 bridgehead atoms. The number of carbonyl (C=O) groups excluding carboxylic acids is 1. The molecule has 18 heavy (non-hydrogen) atoms. The van der Waals surface area contributed by atoms with Gasteiger partial charge in [-0.1, -0.05) is 6.92 Å². The van der Waals surface area contributed by atoms with Crippen molar-refractivity contribution < 1.29 is 9.90 Å². The highest BCUT2D eigenvalue weighted by atomic mass is 32.2. The van der Waals surface area contributed by atoms with Crippen LogP contribution in [0.4, 0.5) is 0 Å². The first kappa shape index (κ1) is 15.0. The van der Waals surface area contributed by atoms with Crippen molar-refractivity contribution in [3.8, 4) is 0 Å². The molecule has 0 spiro atoms. The van der Waals surface area contributed by atoms with Crippen molar-refractivity contribution in [1.29, 1.82) is 0 Å². The standard InChI is InChI=1S/C13H20N2O2S/c1-10(9-16)5-3-7-14-12(17)11-6-4-8-15-13(11)18-2/h4,6,8,10,16H,3,5,7,9H2,1-2H3,(H,14,17). The van der Waals surface area contributed by atoms with Crippen molar-refractivity contribution >= 4 is 17.7 Å². The minimum absolute atomic E-state index is 0.0795. The molecule has 5 heteroatoms. The van der Waals surface area contributed by atoms with Gasteiger partial charge < -0.3 is 10.4 Å². The van der Waals surface area contributed by atoms with E-state index in [9.17, 15) is 4.79 Å². The van der Waals surface area contributed by atoms with Gasteiger partial charge in [0.05, 0.1) is 5.56 Å². The summed E-state index contributed by atoms with van der Waals surface area (Å²) in [6.45, 7) is 2.83. The van der Waals surface area contributed by atoms with Crippen LogP contribution in [0.2, 0.25) is 0 Å². The SMILES string of the molecule is CSc1ncccc1C(=O)NCCCC(C)CO. The third-order valence-electron chi connectivity index (χ3n) is 2.68. The zero-order valence-electron chi connectivity index (χ0n) is 10.8. The average molecular weight is 268 g/mol. The quantitative estimate of drug-likeness (QED) is 0.586. The number of amides is 1. The van der Waals surface area contributed by atoms with E-state index < -0.39 is 0 Å². The van der Waals surface area contributed by atoms with E-state index in [0.29, 0.717) is 18.0 Å². The van der Waals surface area contributed by atoms with Crippen molar-refractivity contribution in [3.05, 3.63) is 23.9 Å². The van der Waals surface area contributed by atoms with Gasteiger partial charge in [0.2, 0.25) is 0 Å². The first-order chi connectivity index (χ1) is 8.69. The zero-order chi connectivity index (χ0) is 13.4. The molecule has 0 aliphatic carbocycles. The Bertz CT molecular complexity index is 385.